The van der Waals surface area contributed by atoms with Gasteiger partial charge < -0.3 is 24.4 Å². The lowest BCUT2D eigenvalue weighted by Gasteiger charge is -2.28. The first-order chi connectivity index (χ1) is 13.2. The highest BCUT2D eigenvalue weighted by Crippen LogP contribution is 2.26. The Labute approximate surface area is 163 Å². The lowest BCUT2D eigenvalue weighted by Crippen LogP contribution is -2.54. The van der Waals surface area contributed by atoms with Gasteiger partial charge in [0.2, 0.25) is 17.7 Å². The second-order valence-corrected chi connectivity index (χ2v) is 6.61. The predicted molar refractivity (Wildman–Crippen MR) is 102 cm³/mol. The van der Waals surface area contributed by atoms with Crippen LogP contribution in [-0.4, -0.2) is 60.5 Å². The molecule has 0 aliphatic rings. The van der Waals surface area contributed by atoms with E-state index in [2.05, 4.69) is 15.3 Å². The van der Waals surface area contributed by atoms with Crippen molar-refractivity contribution in [1.82, 2.24) is 20.2 Å². The first-order valence-corrected chi connectivity index (χ1v) is 8.46. The molecular weight excluding hydrogens is 364 g/mol. The van der Waals surface area contributed by atoms with Crippen LogP contribution in [0.4, 0.5) is 0 Å². The average molecular weight is 388 g/mol. The van der Waals surface area contributed by atoms with Gasteiger partial charge in [-0.1, -0.05) is 12.1 Å². The molecule has 150 valence electrons. The minimum Gasteiger partial charge on any atom is -0.481 e. The van der Waals surface area contributed by atoms with E-state index in [1.165, 1.54) is 25.2 Å². The quantitative estimate of drug-likeness (QED) is 0.772. The molecule has 1 aromatic carbocycles. The summed E-state index contributed by atoms with van der Waals surface area (Å²) in [6, 6.07) is 8.04. The number of hydrogen-bond donors (Lipinski definition) is 1. The number of ether oxygens (including phenoxy) is 3. The molecule has 0 fully saturated rings. The Hall–Kier alpha value is -3.36. The number of methoxy groups -OCH3 is 2. The van der Waals surface area contributed by atoms with Crippen molar-refractivity contribution in [2.75, 3.05) is 28.3 Å². The summed E-state index contributed by atoms with van der Waals surface area (Å²) in [5.74, 6) is 0.0252. The molecule has 0 saturated heterocycles. The Balaban J connectivity index is 2.31. The van der Waals surface area contributed by atoms with Gasteiger partial charge in [0, 0.05) is 14.1 Å². The summed E-state index contributed by atoms with van der Waals surface area (Å²) in [5.41, 5.74) is -0.865. The second-order valence-electron chi connectivity index (χ2n) is 6.61. The van der Waals surface area contributed by atoms with Crippen LogP contribution >= 0.6 is 0 Å². The highest BCUT2D eigenvalue weighted by Gasteiger charge is 2.32. The normalized spacial score (nSPS) is 10.8. The number of para-hydroxylation sites is 1. The maximum Gasteiger partial charge on any atom is 0.328 e. The molecule has 2 aromatic rings. The van der Waals surface area contributed by atoms with Crippen LogP contribution in [0.2, 0.25) is 0 Å². The van der Waals surface area contributed by atoms with Crippen LogP contribution in [0.15, 0.2) is 30.3 Å². The summed E-state index contributed by atoms with van der Waals surface area (Å²) < 4.78 is 15.9. The van der Waals surface area contributed by atoms with Crippen molar-refractivity contribution < 1.29 is 23.8 Å². The summed E-state index contributed by atoms with van der Waals surface area (Å²) in [5, 5.41) is 2.72. The summed E-state index contributed by atoms with van der Waals surface area (Å²) in [6.45, 7) is 3.26. The minimum atomic E-state index is -1.09. The molecule has 0 unspecified atom stereocenters. The molecule has 28 heavy (non-hydrogen) atoms. The molecule has 2 amide bonds. The molecule has 1 N–H and O–H groups in total. The van der Waals surface area contributed by atoms with Crippen molar-refractivity contribution in [2.24, 2.45) is 0 Å². The first-order valence-electron chi connectivity index (χ1n) is 8.46. The van der Waals surface area contributed by atoms with Crippen LogP contribution in [0, 0.1) is 0 Å². The molecule has 1 heterocycles. The molecule has 0 bridgehead atoms. The SMILES string of the molecule is COc1cc(OC)nc(Oc2ccccc2C(=O)NC(C)(C)C(=O)N(C)C)n1. The van der Waals surface area contributed by atoms with Crippen molar-refractivity contribution in [1.29, 1.82) is 0 Å². The van der Waals surface area contributed by atoms with Crippen molar-refractivity contribution in [3.8, 4) is 23.5 Å². The standard InChI is InChI=1S/C19H24N4O5/c1-19(2,17(25)23(3)4)22-16(24)12-9-7-8-10-13(12)28-18-20-14(26-5)11-15(21-18)27-6/h7-11H,1-6H3,(H,22,24). The minimum absolute atomic E-state index is 0.0416. The fourth-order valence-corrected chi connectivity index (χ4v) is 2.44. The van der Waals surface area contributed by atoms with E-state index in [9.17, 15) is 9.59 Å². The number of rotatable bonds is 7. The number of amides is 2. The Morgan fingerprint density at radius 1 is 1.04 bits per heavy atom. The Kier molecular flexibility index (Phi) is 6.40. The fourth-order valence-electron chi connectivity index (χ4n) is 2.44. The molecule has 0 aliphatic heterocycles. The smallest absolute Gasteiger partial charge is 0.328 e. The zero-order chi connectivity index (χ0) is 20.9. The van der Waals surface area contributed by atoms with Gasteiger partial charge in [0.1, 0.15) is 11.3 Å². The van der Waals surface area contributed by atoms with E-state index in [4.69, 9.17) is 14.2 Å². The number of likely N-dealkylation sites (N-methyl/N-ethyl adjacent to an activating group) is 1. The second kappa shape index (κ2) is 8.55. The van der Waals surface area contributed by atoms with Crippen LogP contribution < -0.4 is 19.5 Å². The van der Waals surface area contributed by atoms with E-state index in [-0.39, 0.29) is 35.0 Å². The first kappa shape index (κ1) is 20.9. The molecule has 0 spiro atoms. The molecule has 9 heteroatoms. The van der Waals surface area contributed by atoms with Gasteiger partial charge in [-0.3, -0.25) is 9.59 Å². The number of carbonyl (C=O) groups is 2. The lowest BCUT2D eigenvalue weighted by molar-refractivity contribution is -0.134. The zero-order valence-electron chi connectivity index (χ0n) is 16.8. The van der Waals surface area contributed by atoms with Gasteiger partial charge in [0.25, 0.3) is 5.91 Å². The van der Waals surface area contributed by atoms with E-state index in [0.717, 1.165) is 0 Å². The number of hydrogen-bond acceptors (Lipinski definition) is 7. The number of aromatic nitrogens is 2. The van der Waals surface area contributed by atoms with Gasteiger partial charge in [-0.25, -0.2) is 0 Å². The van der Waals surface area contributed by atoms with Crippen molar-refractivity contribution in [2.45, 2.75) is 19.4 Å². The maximum atomic E-state index is 12.8. The molecule has 9 nitrogen and oxygen atoms in total. The summed E-state index contributed by atoms with van der Waals surface area (Å²) in [4.78, 5) is 34.7. The van der Waals surface area contributed by atoms with Gasteiger partial charge in [0.05, 0.1) is 25.8 Å². The van der Waals surface area contributed by atoms with Crippen molar-refractivity contribution in [3.05, 3.63) is 35.9 Å². The number of nitrogens with one attached hydrogen (secondary N) is 1. The molecule has 2 rings (SSSR count). The highest BCUT2D eigenvalue weighted by atomic mass is 16.5. The highest BCUT2D eigenvalue weighted by molar-refractivity contribution is 6.00. The third-order valence-electron chi connectivity index (χ3n) is 3.78. The lowest BCUT2D eigenvalue weighted by atomic mass is 10.0. The molecule has 0 aliphatic carbocycles. The van der Waals surface area contributed by atoms with Crippen molar-refractivity contribution in [3.63, 3.8) is 0 Å². The van der Waals surface area contributed by atoms with E-state index >= 15 is 0 Å². The van der Waals surface area contributed by atoms with E-state index in [1.54, 1.807) is 52.2 Å². The number of nitrogens with zero attached hydrogens (tertiary/aromatic N) is 3. The van der Waals surface area contributed by atoms with E-state index in [0.29, 0.717) is 0 Å². The Bertz CT molecular complexity index is 845. The van der Waals surface area contributed by atoms with Gasteiger partial charge >= 0.3 is 6.01 Å². The monoisotopic (exact) mass is 388 g/mol. The van der Waals surface area contributed by atoms with Crippen LogP contribution in [-0.2, 0) is 4.79 Å². The summed E-state index contributed by atoms with van der Waals surface area (Å²) in [6.07, 6.45) is 0. The van der Waals surface area contributed by atoms with Crippen LogP contribution in [0.5, 0.6) is 23.5 Å². The van der Waals surface area contributed by atoms with Crippen LogP contribution in [0.1, 0.15) is 24.2 Å². The molecular formula is C19H24N4O5. The third kappa shape index (κ3) is 4.87. The van der Waals surface area contributed by atoms with Gasteiger partial charge in [-0.2, -0.15) is 9.97 Å². The zero-order valence-corrected chi connectivity index (χ0v) is 16.8. The fraction of sp³-hybridized carbons (Fsp3) is 0.368. The average Bonchev–Trinajstić information content (AvgIpc) is 2.66. The molecule has 0 atom stereocenters. The Morgan fingerprint density at radius 3 is 2.14 bits per heavy atom. The van der Waals surface area contributed by atoms with E-state index in [1.807, 2.05) is 0 Å². The number of carbonyl (C=O) groups excluding carboxylic acids is 2. The van der Waals surface area contributed by atoms with E-state index < -0.39 is 11.4 Å². The topological polar surface area (TPSA) is 103 Å². The largest absolute Gasteiger partial charge is 0.481 e. The van der Waals surface area contributed by atoms with Crippen molar-refractivity contribution >= 4 is 11.8 Å². The predicted octanol–water partition coefficient (Wildman–Crippen LogP) is 1.88. The Morgan fingerprint density at radius 2 is 1.61 bits per heavy atom. The van der Waals surface area contributed by atoms with Crippen LogP contribution in [0.3, 0.4) is 0 Å². The van der Waals surface area contributed by atoms with Gasteiger partial charge in [0.15, 0.2) is 0 Å². The number of benzene rings is 1. The summed E-state index contributed by atoms with van der Waals surface area (Å²) in [7, 11) is 6.16. The molecule has 0 saturated carbocycles. The molecule has 1 aromatic heterocycles. The van der Waals surface area contributed by atoms with Crippen LogP contribution in [0.25, 0.3) is 0 Å². The maximum absolute atomic E-state index is 12.8. The molecule has 0 radical (unpaired) electrons. The third-order valence-corrected chi connectivity index (χ3v) is 3.78. The summed E-state index contributed by atoms with van der Waals surface area (Å²) >= 11 is 0. The van der Waals surface area contributed by atoms with Gasteiger partial charge in [-0.05, 0) is 26.0 Å². The van der Waals surface area contributed by atoms with Gasteiger partial charge in [-0.15, -0.1) is 0 Å².